The van der Waals surface area contributed by atoms with Gasteiger partial charge in [0, 0.05) is 5.69 Å². The maximum Gasteiger partial charge on any atom is 0.265 e. The first-order chi connectivity index (χ1) is 10.5. The first-order valence-corrected chi connectivity index (χ1v) is 7.18. The largest absolute Gasteiger partial charge is 0.497 e. The Hall–Kier alpha value is -2.49. The molecule has 1 atom stereocenters. The first-order valence-electron chi connectivity index (χ1n) is 7.18. The maximum atomic E-state index is 12.2. The van der Waals surface area contributed by atoms with Crippen LogP contribution in [0.25, 0.3) is 0 Å². The van der Waals surface area contributed by atoms with E-state index in [1.165, 1.54) is 0 Å². The van der Waals surface area contributed by atoms with Crippen molar-refractivity contribution in [2.24, 2.45) is 0 Å². The summed E-state index contributed by atoms with van der Waals surface area (Å²) in [6.45, 7) is 5.72. The average molecular weight is 299 g/mol. The number of carbonyl (C=O) groups excluding carboxylic acids is 1. The Morgan fingerprint density at radius 2 is 1.68 bits per heavy atom. The van der Waals surface area contributed by atoms with Crippen molar-refractivity contribution in [2.45, 2.75) is 26.9 Å². The molecule has 0 bridgehead atoms. The summed E-state index contributed by atoms with van der Waals surface area (Å²) in [5, 5.41) is 2.89. The van der Waals surface area contributed by atoms with Crippen molar-refractivity contribution in [3.63, 3.8) is 0 Å². The monoisotopic (exact) mass is 299 g/mol. The zero-order chi connectivity index (χ0) is 16.1. The van der Waals surface area contributed by atoms with E-state index in [0.717, 1.165) is 22.6 Å². The predicted octanol–water partition coefficient (Wildman–Crippen LogP) is 3.72. The number of carbonyl (C=O) groups is 1. The number of anilines is 1. The van der Waals surface area contributed by atoms with E-state index in [1.807, 2.05) is 32.0 Å². The van der Waals surface area contributed by atoms with Gasteiger partial charge in [0.2, 0.25) is 0 Å². The zero-order valence-corrected chi connectivity index (χ0v) is 13.3. The molecule has 2 aromatic carbocycles. The lowest BCUT2D eigenvalue weighted by atomic mass is 10.1. The normalized spacial score (nSPS) is 11.6. The first kappa shape index (κ1) is 15.9. The number of hydrogen-bond acceptors (Lipinski definition) is 3. The molecular weight excluding hydrogens is 278 g/mol. The number of aryl methyl sites for hydroxylation is 2. The number of amides is 1. The lowest BCUT2D eigenvalue weighted by Gasteiger charge is -2.16. The highest BCUT2D eigenvalue weighted by Gasteiger charge is 2.15. The molecule has 0 aliphatic heterocycles. The summed E-state index contributed by atoms with van der Waals surface area (Å²) in [6, 6.07) is 13.1. The lowest BCUT2D eigenvalue weighted by molar-refractivity contribution is -0.122. The molecule has 0 aliphatic carbocycles. The quantitative estimate of drug-likeness (QED) is 0.915. The summed E-state index contributed by atoms with van der Waals surface area (Å²) in [6.07, 6.45) is -0.589. The molecule has 1 amide bonds. The Balaban J connectivity index is 1.99. The van der Waals surface area contributed by atoms with Crippen LogP contribution in [-0.4, -0.2) is 19.1 Å². The van der Waals surface area contributed by atoms with E-state index in [9.17, 15) is 4.79 Å². The van der Waals surface area contributed by atoms with Gasteiger partial charge in [-0.15, -0.1) is 0 Å². The van der Waals surface area contributed by atoms with E-state index < -0.39 is 6.10 Å². The molecule has 0 spiro atoms. The van der Waals surface area contributed by atoms with E-state index in [4.69, 9.17) is 9.47 Å². The Labute approximate surface area is 131 Å². The number of methoxy groups -OCH3 is 1. The summed E-state index contributed by atoms with van der Waals surface area (Å²) in [5.41, 5.74) is 3.00. The van der Waals surface area contributed by atoms with E-state index in [2.05, 4.69) is 5.32 Å². The van der Waals surface area contributed by atoms with Crippen LogP contribution < -0.4 is 14.8 Å². The van der Waals surface area contributed by atoms with Gasteiger partial charge in [-0.1, -0.05) is 17.7 Å². The molecule has 4 heteroatoms. The van der Waals surface area contributed by atoms with Gasteiger partial charge in [-0.2, -0.15) is 0 Å². The topological polar surface area (TPSA) is 47.6 Å². The number of rotatable bonds is 5. The minimum Gasteiger partial charge on any atom is -0.497 e. The van der Waals surface area contributed by atoms with Gasteiger partial charge in [-0.25, -0.2) is 0 Å². The summed E-state index contributed by atoms with van der Waals surface area (Å²) in [4.78, 5) is 12.2. The van der Waals surface area contributed by atoms with Gasteiger partial charge in [0.25, 0.3) is 5.91 Å². The third-order valence-electron chi connectivity index (χ3n) is 3.38. The molecule has 22 heavy (non-hydrogen) atoms. The Bertz CT molecular complexity index is 650. The second-order valence-corrected chi connectivity index (χ2v) is 5.24. The molecule has 2 rings (SSSR count). The second kappa shape index (κ2) is 6.98. The summed E-state index contributed by atoms with van der Waals surface area (Å²) >= 11 is 0. The third kappa shape index (κ3) is 4.01. The van der Waals surface area contributed by atoms with Crippen LogP contribution in [0.15, 0.2) is 42.5 Å². The fourth-order valence-corrected chi connectivity index (χ4v) is 2.10. The highest BCUT2D eigenvalue weighted by Crippen LogP contribution is 2.20. The molecule has 0 radical (unpaired) electrons. The van der Waals surface area contributed by atoms with Crippen LogP contribution in [0.5, 0.6) is 11.5 Å². The van der Waals surface area contributed by atoms with Crippen LogP contribution >= 0.6 is 0 Å². The van der Waals surface area contributed by atoms with Crippen molar-refractivity contribution >= 4 is 11.6 Å². The van der Waals surface area contributed by atoms with Gasteiger partial charge in [-0.05, 0) is 56.7 Å². The van der Waals surface area contributed by atoms with Crippen molar-refractivity contribution < 1.29 is 14.3 Å². The molecule has 0 aromatic heterocycles. The molecular formula is C18H21NO3. The van der Waals surface area contributed by atoms with Crippen LogP contribution in [0.2, 0.25) is 0 Å². The van der Waals surface area contributed by atoms with Gasteiger partial charge < -0.3 is 14.8 Å². The Kier molecular flexibility index (Phi) is 5.04. The zero-order valence-electron chi connectivity index (χ0n) is 13.3. The third-order valence-corrected chi connectivity index (χ3v) is 3.38. The maximum absolute atomic E-state index is 12.2. The van der Waals surface area contributed by atoms with Gasteiger partial charge in [0.1, 0.15) is 11.5 Å². The minimum absolute atomic E-state index is 0.178. The average Bonchev–Trinajstić information content (AvgIpc) is 2.50. The summed E-state index contributed by atoms with van der Waals surface area (Å²) < 4.78 is 10.7. The molecule has 0 heterocycles. The fraction of sp³-hybridized carbons (Fsp3) is 0.278. The molecule has 0 aliphatic rings. The van der Waals surface area contributed by atoms with Gasteiger partial charge in [0.05, 0.1) is 7.11 Å². The summed E-state index contributed by atoms with van der Waals surface area (Å²) in [5.74, 6) is 1.20. The Morgan fingerprint density at radius 3 is 2.27 bits per heavy atom. The number of ether oxygens (including phenoxy) is 2. The van der Waals surface area contributed by atoms with Gasteiger partial charge in [-0.3, -0.25) is 4.79 Å². The second-order valence-electron chi connectivity index (χ2n) is 5.24. The number of benzene rings is 2. The van der Waals surface area contributed by atoms with Crippen LogP contribution in [0.3, 0.4) is 0 Å². The van der Waals surface area contributed by atoms with Crippen LogP contribution in [0.1, 0.15) is 18.1 Å². The molecule has 0 saturated heterocycles. The highest BCUT2D eigenvalue weighted by atomic mass is 16.5. The number of hydrogen-bond donors (Lipinski definition) is 1. The number of nitrogens with one attached hydrogen (secondary N) is 1. The molecule has 2 aromatic rings. The van der Waals surface area contributed by atoms with E-state index in [1.54, 1.807) is 38.3 Å². The SMILES string of the molecule is COc1ccc(O[C@H](C)C(=O)Nc2ccc(C)cc2C)cc1. The molecule has 0 fully saturated rings. The lowest BCUT2D eigenvalue weighted by Crippen LogP contribution is -2.30. The van der Waals surface area contributed by atoms with Crippen molar-refractivity contribution in [3.8, 4) is 11.5 Å². The predicted molar refractivity (Wildman–Crippen MR) is 87.6 cm³/mol. The van der Waals surface area contributed by atoms with Crippen molar-refractivity contribution in [1.29, 1.82) is 0 Å². The molecule has 116 valence electrons. The molecule has 4 nitrogen and oxygen atoms in total. The van der Waals surface area contributed by atoms with Crippen molar-refractivity contribution in [2.75, 3.05) is 12.4 Å². The van der Waals surface area contributed by atoms with Crippen LogP contribution in [-0.2, 0) is 4.79 Å². The Morgan fingerprint density at radius 1 is 1.05 bits per heavy atom. The van der Waals surface area contributed by atoms with E-state index in [-0.39, 0.29) is 5.91 Å². The van der Waals surface area contributed by atoms with Crippen LogP contribution in [0, 0.1) is 13.8 Å². The van der Waals surface area contributed by atoms with Crippen LogP contribution in [0.4, 0.5) is 5.69 Å². The van der Waals surface area contributed by atoms with Gasteiger partial charge in [0.15, 0.2) is 6.10 Å². The summed E-state index contributed by atoms with van der Waals surface area (Å²) in [7, 11) is 1.61. The van der Waals surface area contributed by atoms with Crippen molar-refractivity contribution in [1.82, 2.24) is 0 Å². The van der Waals surface area contributed by atoms with E-state index in [0.29, 0.717) is 5.75 Å². The van der Waals surface area contributed by atoms with E-state index >= 15 is 0 Å². The smallest absolute Gasteiger partial charge is 0.265 e. The molecule has 1 N–H and O–H groups in total. The van der Waals surface area contributed by atoms with Crippen molar-refractivity contribution in [3.05, 3.63) is 53.6 Å². The van der Waals surface area contributed by atoms with Gasteiger partial charge >= 0.3 is 0 Å². The molecule has 0 unspecified atom stereocenters. The minimum atomic E-state index is -0.589. The highest BCUT2D eigenvalue weighted by molar-refractivity contribution is 5.94. The molecule has 0 saturated carbocycles. The standard InChI is InChI=1S/C18H21NO3/c1-12-5-10-17(13(2)11-12)19-18(20)14(3)22-16-8-6-15(21-4)7-9-16/h5-11,14H,1-4H3,(H,19,20)/t14-/m1/s1. The fourth-order valence-electron chi connectivity index (χ4n) is 2.10.